The lowest BCUT2D eigenvalue weighted by molar-refractivity contribution is 0.278. The fourth-order valence-electron chi connectivity index (χ4n) is 1.74. The second-order valence-corrected chi connectivity index (χ2v) is 4.30. The van der Waals surface area contributed by atoms with Gasteiger partial charge in [0.2, 0.25) is 0 Å². The van der Waals surface area contributed by atoms with Crippen LogP contribution < -0.4 is 10.5 Å². The molecule has 0 aromatic heterocycles. The highest BCUT2D eigenvalue weighted by Crippen LogP contribution is 2.15. The highest BCUT2D eigenvalue weighted by atomic mass is 16.5. The monoisotopic (exact) mass is 267 g/mol. The minimum atomic E-state index is 0.0196. The third-order valence-corrected chi connectivity index (χ3v) is 2.78. The van der Waals surface area contributed by atoms with Crippen LogP contribution in [-0.2, 0) is 13.2 Å². The lowest BCUT2D eigenvalue weighted by Gasteiger charge is -2.07. The standard InChI is InChI=1S/C17H17NO2/c18-10-2-4-14-6-8-15(9-7-14)13-20-17-5-1-3-16(11-17)12-19/h1,3,5-9,11,19H,10,12-13,18H2. The average Bonchev–Trinajstić information content (AvgIpc) is 2.52. The first-order valence-corrected chi connectivity index (χ1v) is 6.42. The van der Waals surface area contributed by atoms with Crippen LogP contribution in [0.1, 0.15) is 16.7 Å². The van der Waals surface area contributed by atoms with Crippen molar-refractivity contribution < 1.29 is 9.84 Å². The Balaban J connectivity index is 1.96. The van der Waals surface area contributed by atoms with Crippen LogP contribution in [0.3, 0.4) is 0 Å². The molecule has 0 aliphatic carbocycles. The summed E-state index contributed by atoms with van der Waals surface area (Å²) < 4.78 is 5.69. The van der Waals surface area contributed by atoms with Gasteiger partial charge >= 0.3 is 0 Å². The molecule has 0 radical (unpaired) electrons. The highest BCUT2D eigenvalue weighted by Gasteiger charge is 1.98. The van der Waals surface area contributed by atoms with Gasteiger partial charge in [-0.15, -0.1) is 0 Å². The molecular formula is C17H17NO2. The van der Waals surface area contributed by atoms with Crippen molar-refractivity contribution in [2.45, 2.75) is 13.2 Å². The number of hydrogen-bond acceptors (Lipinski definition) is 3. The summed E-state index contributed by atoms with van der Waals surface area (Å²) >= 11 is 0. The van der Waals surface area contributed by atoms with E-state index in [1.54, 1.807) is 0 Å². The Bertz CT molecular complexity index is 609. The lowest BCUT2D eigenvalue weighted by atomic mass is 10.1. The first-order valence-electron chi connectivity index (χ1n) is 6.42. The van der Waals surface area contributed by atoms with Crippen LogP contribution in [0.25, 0.3) is 0 Å². The molecule has 2 aromatic rings. The Hall–Kier alpha value is -2.28. The Morgan fingerprint density at radius 3 is 2.55 bits per heavy atom. The van der Waals surface area contributed by atoms with Gasteiger partial charge in [0.15, 0.2) is 0 Å². The third-order valence-electron chi connectivity index (χ3n) is 2.78. The fraction of sp³-hybridized carbons (Fsp3) is 0.176. The van der Waals surface area contributed by atoms with Crippen LogP contribution in [0.2, 0.25) is 0 Å². The van der Waals surface area contributed by atoms with Crippen molar-refractivity contribution in [1.82, 2.24) is 0 Å². The molecule has 0 aliphatic heterocycles. The van der Waals surface area contributed by atoms with Crippen LogP contribution in [0.5, 0.6) is 5.75 Å². The molecule has 0 spiro atoms. The van der Waals surface area contributed by atoms with Gasteiger partial charge in [0.05, 0.1) is 13.2 Å². The smallest absolute Gasteiger partial charge is 0.120 e. The summed E-state index contributed by atoms with van der Waals surface area (Å²) in [6.45, 7) is 0.872. The van der Waals surface area contributed by atoms with Crippen LogP contribution >= 0.6 is 0 Å². The number of ether oxygens (including phenoxy) is 1. The van der Waals surface area contributed by atoms with Gasteiger partial charge in [0.1, 0.15) is 12.4 Å². The van der Waals surface area contributed by atoms with Gasteiger partial charge in [0.25, 0.3) is 0 Å². The lowest BCUT2D eigenvalue weighted by Crippen LogP contribution is -1.96. The van der Waals surface area contributed by atoms with Gasteiger partial charge < -0.3 is 15.6 Å². The van der Waals surface area contributed by atoms with Crippen molar-refractivity contribution in [3.63, 3.8) is 0 Å². The average molecular weight is 267 g/mol. The summed E-state index contributed by atoms with van der Waals surface area (Å²) in [5.74, 6) is 6.55. The summed E-state index contributed by atoms with van der Waals surface area (Å²) in [5.41, 5.74) is 8.19. The van der Waals surface area contributed by atoms with E-state index in [-0.39, 0.29) is 6.61 Å². The molecule has 20 heavy (non-hydrogen) atoms. The Morgan fingerprint density at radius 2 is 1.85 bits per heavy atom. The molecule has 3 N–H and O–H groups in total. The van der Waals surface area contributed by atoms with E-state index in [0.717, 1.165) is 22.4 Å². The molecular weight excluding hydrogens is 250 g/mol. The van der Waals surface area contributed by atoms with Crippen molar-refractivity contribution in [2.24, 2.45) is 5.73 Å². The van der Waals surface area contributed by atoms with Gasteiger partial charge in [0, 0.05) is 5.56 Å². The largest absolute Gasteiger partial charge is 0.489 e. The third kappa shape index (κ3) is 4.13. The predicted molar refractivity (Wildman–Crippen MR) is 79.1 cm³/mol. The molecule has 0 fully saturated rings. The van der Waals surface area contributed by atoms with Crippen molar-refractivity contribution in [2.75, 3.05) is 6.54 Å². The number of aliphatic hydroxyl groups excluding tert-OH is 1. The van der Waals surface area contributed by atoms with Crippen molar-refractivity contribution in [3.05, 3.63) is 65.2 Å². The maximum Gasteiger partial charge on any atom is 0.120 e. The maximum absolute atomic E-state index is 9.07. The van der Waals surface area contributed by atoms with Gasteiger partial charge in [-0.25, -0.2) is 0 Å². The number of hydrogen-bond donors (Lipinski definition) is 2. The quantitative estimate of drug-likeness (QED) is 0.834. The van der Waals surface area contributed by atoms with Gasteiger partial charge in [-0.05, 0) is 35.4 Å². The molecule has 3 nitrogen and oxygen atoms in total. The summed E-state index contributed by atoms with van der Waals surface area (Å²) in [6, 6.07) is 15.3. The van der Waals surface area contributed by atoms with E-state index < -0.39 is 0 Å². The first kappa shape index (κ1) is 14.1. The number of benzene rings is 2. The van der Waals surface area contributed by atoms with E-state index in [9.17, 15) is 0 Å². The number of rotatable bonds is 4. The van der Waals surface area contributed by atoms with E-state index in [1.165, 1.54) is 0 Å². The molecule has 0 saturated carbocycles. The second-order valence-electron chi connectivity index (χ2n) is 4.30. The zero-order valence-corrected chi connectivity index (χ0v) is 11.2. The molecule has 2 rings (SSSR count). The van der Waals surface area contributed by atoms with E-state index >= 15 is 0 Å². The van der Waals surface area contributed by atoms with Crippen LogP contribution in [-0.4, -0.2) is 11.7 Å². The van der Waals surface area contributed by atoms with E-state index in [0.29, 0.717) is 13.2 Å². The van der Waals surface area contributed by atoms with Crippen LogP contribution in [0.15, 0.2) is 48.5 Å². The molecule has 2 aromatic carbocycles. The van der Waals surface area contributed by atoms with Crippen LogP contribution in [0.4, 0.5) is 0 Å². The molecule has 0 saturated heterocycles. The van der Waals surface area contributed by atoms with Gasteiger partial charge in [-0.2, -0.15) is 0 Å². The minimum absolute atomic E-state index is 0.0196. The van der Waals surface area contributed by atoms with E-state index in [4.69, 9.17) is 15.6 Å². The second kappa shape index (κ2) is 7.34. The fourth-order valence-corrected chi connectivity index (χ4v) is 1.74. The molecule has 3 heteroatoms. The van der Waals surface area contributed by atoms with Gasteiger partial charge in [-0.1, -0.05) is 36.1 Å². The van der Waals surface area contributed by atoms with Crippen molar-refractivity contribution in [1.29, 1.82) is 0 Å². The SMILES string of the molecule is NCC#Cc1ccc(COc2cccc(CO)c2)cc1. The predicted octanol–water partition coefficient (Wildman–Crippen LogP) is 2.07. The highest BCUT2D eigenvalue weighted by molar-refractivity contribution is 5.36. The zero-order chi connectivity index (χ0) is 14.2. The molecule has 0 amide bonds. The van der Waals surface area contributed by atoms with Crippen molar-refractivity contribution >= 4 is 0 Å². The molecule has 0 unspecified atom stereocenters. The Kier molecular flexibility index (Phi) is 5.19. The van der Waals surface area contributed by atoms with Crippen LogP contribution in [0, 0.1) is 11.8 Å². The molecule has 0 aliphatic rings. The van der Waals surface area contributed by atoms with Gasteiger partial charge in [-0.3, -0.25) is 0 Å². The molecule has 0 heterocycles. The first-order chi connectivity index (χ1) is 9.81. The minimum Gasteiger partial charge on any atom is -0.489 e. The summed E-state index contributed by atoms with van der Waals surface area (Å²) in [7, 11) is 0. The Labute approximate surface area is 119 Å². The topological polar surface area (TPSA) is 55.5 Å². The Morgan fingerprint density at radius 1 is 1.05 bits per heavy atom. The summed E-state index contributed by atoms with van der Waals surface area (Å²) in [6.07, 6.45) is 0. The van der Waals surface area contributed by atoms with E-state index in [1.807, 2.05) is 48.5 Å². The molecule has 0 bridgehead atoms. The molecule has 0 atom stereocenters. The summed E-state index contributed by atoms with van der Waals surface area (Å²) in [5, 5.41) is 9.07. The number of aliphatic hydroxyl groups is 1. The maximum atomic E-state index is 9.07. The van der Waals surface area contributed by atoms with Crippen molar-refractivity contribution in [3.8, 4) is 17.6 Å². The molecule has 102 valence electrons. The summed E-state index contributed by atoms with van der Waals surface area (Å²) in [4.78, 5) is 0. The normalized spacial score (nSPS) is 9.70. The zero-order valence-electron chi connectivity index (χ0n) is 11.2. The number of nitrogens with two attached hydrogens (primary N) is 1. The van der Waals surface area contributed by atoms with E-state index in [2.05, 4.69) is 11.8 Å².